The normalized spacial score (nSPS) is 12.2. The highest BCUT2D eigenvalue weighted by molar-refractivity contribution is 5.87. The quantitative estimate of drug-likeness (QED) is 0.264. The van der Waals surface area contributed by atoms with E-state index in [1.54, 1.807) is 18.2 Å². The number of rotatable bonds is 9. The Morgan fingerprint density at radius 3 is 2.23 bits per heavy atom. The van der Waals surface area contributed by atoms with Gasteiger partial charge in [0.25, 0.3) is 0 Å². The van der Waals surface area contributed by atoms with E-state index in [9.17, 15) is 9.59 Å². The second-order valence-corrected chi connectivity index (χ2v) is 7.95. The fourth-order valence-electron chi connectivity index (χ4n) is 3.21. The first-order valence-electron chi connectivity index (χ1n) is 10.5. The fourth-order valence-corrected chi connectivity index (χ4v) is 3.21. The molecule has 0 atom stereocenters. The van der Waals surface area contributed by atoms with Gasteiger partial charge in [-0.05, 0) is 65.5 Å². The molecule has 0 unspecified atom stereocenters. The van der Waals surface area contributed by atoms with E-state index < -0.39 is 11.6 Å². The Morgan fingerprint density at radius 2 is 1.57 bits per heavy atom. The van der Waals surface area contributed by atoms with Gasteiger partial charge in [0.2, 0.25) is 0 Å². The highest BCUT2D eigenvalue weighted by Gasteiger charge is 2.16. The standard InChI is InChI=1S/C26H32O4/c1-18(2)10-8-11-19(3)12-9-13-20(4)16-17-23-25(29-21(5)27)22-14-6-7-15-24(22)30-26(23)28/h6-7,10,12,14-16H,8-9,11,13,17H2,1-5H3/b19-12+,20-16+. The van der Waals surface area contributed by atoms with E-state index in [2.05, 4.69) is 39.8 Å². The molecular weight excluding hydrogens is 376 g/mol. The summed E-state index contributed by atoms with van der Waals surface area (Å²) < 4.78 is 10.8. The maximum atomic E-state index is 12.5. The fraction of sp³-hybridized carbons (Fsp3) is 0.385. The van der Waals surface area contributed by atoms with Crippen molar-refractivity contribution in [1.29, 1.82) is 0 Å². The number of carbonyl (C=O) groups excluding carboxylic acids is 1. The predicted molar refractivity (Wildman–Crippen MR) is 123 cm³/mol. The molecule has 0 bridgehead atoms. The average molecular weight is 409 g/mol. The summed E-state index contributed by atoms with van der Waals surface area (Å²) in [5.41, 5.74) is 4.25. The van der Waals surface area contributed by atoms with Gasteiger partial charge in [-0.3, -0.25) is 4.79 Å². The summed E-state index contributed by atoms with van der Waals surface area (Å²) in [5, 5.41) is 0.628. The first-order valence-corrected chi connectivity index (χ1v) is 10.5. The number of carbonyl (C=O) groups is 1. The van der Waals surface area contributed by atoms with Crippen LogP contribution in [0, 0.1) is 0 Å². The summed E-state index contributed by atoms with van der Waals surface area (Å²) in [6.07, 6.45) is 11.0. The van der Waals surface area contributed by atoms with Crippen LogP contribution in [0.4, 0.5) is 0 Å². The Hall–Kier alpha value is -2.88. The molecule has 1 heterocycles. The van der Waals surface area contributed by atoms with Crippen LogP contribution in [0.1, 0.15) is 65.9 Å². The van der Waals surface area contributed by atoms with Crippen LogP contribution >= 0.6 is 0 Å². The molecular formula is C26H32O4. The van der Waals surface area contributed by atoms with Crippen LogP contribution < -0.4 is 10.4 Å². The molecule has 0 aliphatic heterocycles. The van der Waals surface area contributed by atoms with Crippen molar-refractivity contribution in [3.05, 3.63) is 75.2 Å². The molecule has 0 saturated heterocycles. The molecule has 0 fully saturated rings. The maximum absolute atomic E-state index is 12.5. The topological polar surface area (TPSA) is 56.5 Å². The van der Waals surface area contributed by atoms with Crippen LogP contribution in [0.3, 0.4) is 0 Å². The van der Waals surface area contributed by atoms with E-state index in [-0.39, 0.29) is 0 Å². The molecule has 1 aromatic carbocycles. The molecule has 1 aromatic heterocycles. The number of ether oxygens (including phenoxy) is 1. The smallest absolute Gasteiger partial charge is 0.343 e. The monoisotopic (exact) mass is 408 g/mol. The molecule has 4 heteroatoms. The van der Waals surface area contributed by atoms with Crippen LogP contribution in [0.2, 0.25) is 0 Å². The molecule has 0 N–H and O–H groups in total. The zero-order chi connectivity index (χ0) is 22.1. The second-order valence-electron chi connectivity index (χ2n) is 7.95. The number of allylic oxidation sites excluding steroid dienone is 6. The minimum Gasteiger partial charge on any atom is -0.425 e. The molecule has 0 aliphatic rings. The van der Waals surface area contributed by atoms with Crippen molar-refractivity contribution in [2.75, 3.05) is 0 Å². The van der Waals surface area contributed by atoms with E-state index >= 15 is 0 Å². The number of benzene rings is 1. The number of esters is 1. The van der Waals surface area contributed by atoms with E-state index in [0.29, 0.717) is 28.7 Å². The van der Waals surface area contributed by atoms with Crippen molar-refractivity contribution < 1.29 is 13.9 Å². The van der Waals surface area contributed by atoms with Gasteiger partial charge in [0.15, 0.2) is 5.75 Å². The van der Waals surface area contributed by atoms with Crippen molar-refractivity contribution in [3.63, 3.8) is 0 Å². The minimum atomic E-state index is -0.469. The summed E-state index contributed by atoms with van der Waals surface area (Å²) in [4.78, 5) is 24.1. The molecule has 0 spiro atoms. The Bertz CT molecular complexity index is 1030. The number of fused-ring (bicyclic) bond motifs is 1. The lowest BCUT2D eigenvalue weighted by molar-refractivity contribution is -0.131. The predicted octanol–water partition coefficient (Wildman–Crippen LogP) is 6.68. The Balaban J connectivity index is 2.11. The minimum absolute atomic E-state index is 0.299. The highest BCUT2D eigenvalue weighted by atomic mass is 16.5. The molecule has 4 nitrogen and oxygen atoms in total. The van der Waals surface area contributed by atoms with Gasteiger partial charge in [-0.15, -0.1) is 0 Å². The molecule has 0 saturated carbocycles. The molecule has 0 aliphatic carbocycles. The van der Waals surface area contributed by atoms with Crippen molar-refractivity contribution >= 4 is 16.9 Å². The van der Waals surface area contributed by atoms with Gasteiger partial charge in [0.1, 0.15) is 5.58 Å². The van der Waals surface area contributed by atoms with Gasteiger partial charge in [-0.1, -0.05) is 47.1 Å². The molecule has 2 rings (SSSR count). The third-order valence-corrected chi connectivity index (χ3v) is 4.88. The van der Waals surface area contributed by atoms with Gasteiger partial charge in [-0.2, -0.15) is 0 Å². The van der Waals surface area contributed by atoms with Gasteiger partial charge < -0.3 is 9.15 Å². The van der Waals surface area contributed by atoms with Crippen molar-refractivity contribution in [1.82, 2.24) is 0 Å². The van der Waals surface area contributed by atoms with Crippen LogP contribution in [0.15, 0.2) is 68.4 Å². The summed E-state index contributed by atoms with van der Waals surface area (Å²) in [6.45, 7) is 9.80. The van der Waals surface area contributed by atoms with E-state index in [1.165, 1.54) is 23.6 Å². The molecule has 160 valence electrons. The molecule has 0 radical (unpaired) electrons. The van der Waals surface area contributed by atoms with Crippen LogP contribution in [-0.4, -0.2) is 5.97 Å². The van der Waals surface area contributed by atoms with Crippen LogP contribution in [0.5, 0.6) is 5.75 Å². The van der Waals surface area contributed by atoms with E-state index in [0.717, 1.165) is 25.7 Å². The highest BCUT2D eigenvalue weighted by Crippen LogP contribution is 2.28. The van der Waals surface area contributed by atoms with Crippen LogP contribution in [0.25, 0.3) is 11.0 Å². The zero-order valence-electron chi connectivity index (χ0n) is 18.7. The second kappa shape index (κ2) is 11.3. The maximum Gasteiger partial charge on any atom is 0.343 e. The third-order valence-electron chi connectivity index (χ3n) is 4.88. The van der Waals surface area contributed by atoms with Crippen LogP contribution in [-0.2, 0) is 11.2 Å². The molecule has 0 amide bonds. The number of hydrogen-bond acceptors (Lipinski definition) is 4. The largest absolute Gasteiger partial charge is 0.425 e. The number of para-hydroxylation sites is 1. The first kappa shape index (κ1) is 23.4. The van der Waals surface area contributed by atoms with E-state index in [4.69, 9.17) is 9.15 Å². The van der Waals surface area contributed by atoms with Gasteiger partial charge >= 0.3 is 11.6 Å². The molecule has 2 aromatic rings. The third kappa shape index (κ3) is 7.18. The zero-order valence-corrected chi connectivity index (χ0v) is 18.7. The summed E-state index contributed by atoms with van der Waals surface area (Å²) >= 11 is 0. The van der Waals surface area contributed by atoms with Crippen molar-refractivity contribution in [3.8, 4) is 5.75 Å². The molecule has 30 heavy (non-hydrogen) atoms. The average Bonchev–Trinajstić information content (AvgIpc) is 2.66. The summed E-state index contributed by atoms with van der Waals surface area (Å²) in [6, 6.07) is 7.09. The van der Waals surface area contributed by atoms with Crippen molar-refractivity contribution in [2.45, 2.75) is 66.7 Å². The Labute approximate surface area is 178 Å². The number of hydrogen-bond donors (Lipinski definition) is 0. The van der Waals surface area contributed by atoms with Gasteiger partial charge in [-0.25, -0.2) is 4.79 Å². The SMILES string of the molecule is CC(=O)Oc1c(C/C=C(\C)CC/C=C(\C)CCC=C(C)C)c(=O)oc2ccccc12. The Kier molecular flexibility index (Phi) is 8.85. The lowest BCUT2D eigenvalue weighted by Gasteiger charge is -2.10. The van der Waals surface area contributed by atoms with E-state index in [1.807, 2.05) is 12.1 Å². The summed E-state index contributed by atoms with van der Waals surface area (Å²) in [7, 11) is 0. The lowest BCUT2D eigenvalue weighted by atomic mass is 10.0. The Morgan fingerprint density at radius 1 is 0.933 bits per heavy atom. The van der Waals surface area contributed by atoms with Gasteiger partial charge in [0.05, 0.1) is 10.9 Å². The van der Waals surface area contributed by atoms with Gasteiger partial charge in [0, 0.05) is 13.3 Å². The summed E-state index contributed by atoms with van der Waals surface area (Å²) in [5.74, 6) is -0.158. The lowest BCUT2D eigenvalue weighted by Crippen LogP contribution is -2.13. The van der Waals surface area contributed by atoms with Crippen molar-refractivity contribution in [2.24, 2.45) is 0 Å². The first-order chi connectivity index (χ1) is 14.3.